The lowest BCUT2D eigenvalue weighted by Crippen LogP contribution is -2.44. The Hall–Kier alpha value is -2.45. The molecule has 0 radical (unpaired) electrons. The van der Waals surface area contributed by atoms with E-state index in [0.717, 1.165) is 49.0 Å². The summed E-state index contributed by atoms with van der Waals surface area (Å²) >= 11 is 6.47. The second-order valence-electron chi connectivity index (χ2n) is 9.79. The summed E-state index contributed by atoms with van der Waals surface area (Å²) in [6.07, 6.45) is 6.16. The number of aliphatic hydroxyl groups is 1. The molecule has 3 heterocycles. The molecule has 3 atom stereocenters. The van der Waals surface area contributed by atoms with Gasteiger partial charge in [0.15, 0.2) is 0 Å². The van der Waals surface area contributed by atoms with Gasteiger partial charge >= 0.3 is 0 Å². The van der Waals surface area contributed by atoms with Crippen molar-refractivity contribution in [1.29, 1.82) is 0 Å². The smallest absolute Gasteiger partial charge is 0.248 e. The van der Waals surface area contributed by atoms with Crippen molar-refractivity contribution < 1.29 is 14.7 Å². The first-order valence-electron chi connectivity index (χ1n) is 11.1. The van der Waals surface area contributed by atoms with Crippen molar-refractivity contribution in [3.63, 3.8) is 0 Å². The first-order chi connectivity index (χ1) is 15.1. The van der Waals surface area contributed by atoms with Crippen LogP contribution in [0.1, 0.15) is 52.1 Å². The van der Waals surface area contributed by atoms with Crippen LogP contribution >= 0.6 is 11.6 Å². The lowest BCUT2D eigenvalue weighted by Gasteiger charge is -2.29. The lowest BCUT2D eigenvalue weighted by atomic mass is 9.85. The zero-order valence-corrected chi connectivity index (χ0v) is 19.4. The second kappa shape index (κ2) is 8.83. The molecule has 2 aliphatic rings. The number of carbonyl (C=O) groups is 2. The Morgan fingerprint density at radius 3 is 2.81 bits per heavy atom. The van der Waals surface area contributed by atoms with E-state index in [2.05, 4.69) is 34.6 Å². The van der Waals surface area contributed by atoms with Gasteiger partial charge in [-0.15, -0.1) is 0 Å². The number of anilines is 1. The van der Waals surface area contributed by atoms with Gasteiger partial charge in [-0.05, 0) is 44.1 Å². The van der Waals surface area contributed by atoms with Gasteiger partial charge in [-0.2, -0.15) is 5.10 Å². The van der Waals surface area contributed by atoms with E-state index in [9.17, 15) is 14.7 Å². The van der Waals surface area contributed by atoms with E-state index in [4.69, 9.17) is 11.6 Å². The van der Waals surface area contributed by atoms with Gasteiger partial charge in [-0.3, -0.25) is 14.3 Å². The summed E-state index contributed by atoms with van der Waals surface area (Å²) in [7, 11) is 0. The van der Waals surface area contributed by atoms with Gasteiger partial charge in [0.25, 0.3) is 0 Å². The Morgan fingerprint density at radius 2 is 2.06 bits per heavy atom. The average molecular weight is 460 g/mol. The molecule has 4 rings (SSSR count). The summed E-state index contributed by atoms with van der Waals surface area (Å²) in [5, 5.41) is 20.2. The van der Waals surface area contributed by atoms with Crippen molar-refractivity contribution in [1.82, 2.24) is 20.1 Å². The fourth-order valence-electron chi connectivity index (χ4n) is 4.70. The van der Waals surface area contributed by atoms with Crippen LogP contribution < -0.4 is 10.6 Å². The van der Waals surface area contributed by atoms with Gasteiger partial charge in [-0.25, -0.2) is 4.98 Å². The Balaban J connectivity index is 1.47. The first kappa shape index (κ1) is 22.7. The molecule has 8 nitrogen and oxygen atoms in total. The third kappa shape index (κ3) is 4.81. The van der Waals surface area contributed by atoms with Crippen molar-refractivity contribution in [3.05, 3.63) is 29.2 Å². The van der Waals surface area contributed by atoms with Gasteiger partial charge < -0.3 is 15.7 Å². The first-order valence-corrected chi connectivity index (χ1v) is 11.5. The fraction of sp³-hybridized carbons (Fsp3) is 0.565. The molecular weight excluding hydrogens is 430 g/mol. The predicted molar refractivity (Wildman–Crippen MR) is 122 cm³/mol. The number of amides is 2. The Kier molecular flexibility index (Phi) is 6.27. The fourth-order valence-corrected chi connectivity index (χ4v) is 4.90. The van der Waals surface area contributed by atoms with Crippen molar-refractivity contribution >= 4 is 29.2 Å². The topological polar surface area (TPSA) is 109 Å². The summed E-state index contributed by atoms with van der Waals surface area (Å²) in [5.41, 5.74) is 3.07. The van der Waals surface area contributed by atoms with Crippen molar-refractivity contribution in [2.45, 2.75) is 71.6 Å². The van der Waals surface area contributed by atoms with E-state index >= 15 is 0 Å². The summed E-state index contributed by atoms with van der Waals surface area (Å²) < 4.78 is 2.02. The van der Waals surface area contributed by atoms with Gasteiger partial charge in [-0.1, -0.05) is 31.9 Å². The number of pyridine rings is 1. The molecule has 1 fully saturated rings. The minimum Gasteiger partial charge on any atom is -0.384 e. The number of aliphatic hydroxyl groups excluding tert-OH is 1. The molecule has 1 aliphatic carbocycles. The quantitative estimate of drug-likeness (QED) is 0.636. The number of fused-ring (bicyclic) bond motifs is 1. The minimum atomic E-state index is -1.06. The highest BCUT2D eigenvalue weighted by Crippen LogP contribution is 2.39. The molecule has 2 aromatic heterocycles. The van der Waals surface area contributed by atoms with Gasteiger partial charge in [0.05, 0.1) is 11.2 Å². The molecule has 2 unspecified atom stereocenters. The summed E-state index contributed by atoms with van der Waals surface area (Å²) in [5.74, 6) is -0.313. The van der Waals surface area contributed by atoms with E-state index in [1.54, 1.807) is 12.3 Å². The number of carbonyl (C=O) groups excluding carboxylic acids is 2. The van der Waals surface area contributed by atoms with E-state index in [0.29, 0.717) is 17.3 Å². The maximum atomic E-state index is 12.9. The Bertz CT molecular complexity index is 1030. The molecule has 2 amide bonds. The van der Waals surface area contributed by atoms with Gasteiger partial charge in [0.2, 0.25) is 11.8 Å². The standard InChI is InChI=1S/C23H30ClN5O3/c1-13(30)21(31)27-15-6-4-5-14(7-15)22(32)28-20-8-16(18(24)11-25-20)17-10-26-29-12-23(2,3)9-19(17)29/h8,10-11,13-15,30H,4-7,9,12H2,1-3H3,(H,27,31)(H,25,28,32)/t13?,14-,15?/m1/s1. The van der Waals surface area contributed by atoms with Gasteiger partial charge in [0.1, 0.15) is 11.9 Å². The largest absolute Gasteiger partial charge is 0.384 e. The van der Waals surface area contributed by atoms with Crippen LogP contribution in [0.15, 0.2) is 18.5 Å². The van der Waals surface area contributed by atoms with Crippen LogP contribution in [0.4, 0.5) is 5.82 Å². The van der Waals surface area contributed by atoms with Gasteiger partial charge in [0, 0.05) is 41.5 Å². The minimum absolute atomic E-state index is 0.117. The molecule has 0 saturated heterocycles. The maximum Gasteiger partial charge on any atom is 0.248 e. The highest BCUT2D eigenvalue weighted by Gasteiger charge is 2.32. The van der Waals surface area contributed by atoms with Crippen LogP contribution in [0.3, 0.4) is 0 Å². The zero-order valence-electron chi connectivity index (χ0n) is 18.7. The van der Waals surface area contributed by atoms with Crippen LogP contribution in [0.25, 0.3) is 11.1 Å². The number of aromatic nitrogens is 3. The third-order valence-electron chi connectivity index (χ3n) is 6.34. The van der Waals surface area contributed by atoms with E-state index in [-0.39, 0.29) is 23.3 Å². The number of rotatable bonds is 5. The molecule has 1 saturated carbocycles. The van der Waals surface area contributed by atoms with Crippen LogP contribution in [0, 0.1) is 11.3 Å². The SMILES string of the molecule is CC(O)C(=O)NC1CCC[C@@H](C(=O)Nc2cc(-c3cnn4c3CC(C)(C)C4)c(Cl)cn2)C1. The van der Waals surface area contributed by atoms with E-state index < -0.39 is 12.0 Å². The van der Waals surface area contributed by atoms with Crippen molar-refractivity contribution in [2.24, 2.45) is 11.3 Å². The number of halogens is 1. The van der Waals surface area contributed by atoms with E-state index in [1.807, 2.05) is 10.9 Å². The molecule has 2 aromatic rings. The molecule has 172 valence electrons. The molecule has 1 aliphatic heterocycles. The number of hydrogen-bond acceptors (Lipinski definition) is 5. The Morgan fingerprint density at radius 1 is 1.28 bits per heavy atom. The highest BCUT2D eigenvalue weighted by atomic mass is 35.5. The third-order valence-corrected chi connectivity index (χ3v) is 6.64. The summed E-state index contributed by atoms with van der Waals surface area (Å²) in [4.78, 5) is 29.0. The van der Waals surface area contributed by atoms with Crippen LogP contribution in [0.2, 0.25) is 5.02 Å². The monoisotopic (exact) mass is 459 g/mol. The lowest BCUT2D eigenvalue weighted by molar-refractivity contribution is -0.130. The average Bonchev–Trinajstić information content (AvgIpc) is 3.24. The van der Waals surface area contributed by atoms with E-state index in [1.165, 1.54) is 6.92 Å². The van der Waals surface area contributed by atoms with Crippen molar-refractivity contribution in [3.8, 4) is 11.1 Å². The van der Waals surface area contributed by atoms with Crippen molar-refractivity contribution in [2.75, 3.05) is 5.32 Å². The number of nitrogens with one attached hydrogen (secondary N) is 2. The number of nitrogens with zero attached hydrogens (tertiary/aromatic N) is 3. The Labute approximate surface area is 192 Å². The molecule has 0 spiro atoms. The van der Waals surface area contributed by atoms with Crippen LogP contribution in [-0.4, -0.2) is 43.8 Å². The zero-order chi connectivity index (χ0) is 23.0. The normalized spacial score (nSPS) is 22.8. The second-order valence-corrected chi connectivity index (χ2v) is 10.2. The van der Waals surface area contributed by atoms with Crippen LogP contribution in [0.5, 0.6) is 0 Å². The van der Waals surface area contributed by atoms with Crippen LogP contribution in [-0.2, 0) is 22.6 Å². The molecule has 9 heteroatoms. The molecule has 0 bridgehead atoms. The maximum absolute atomic E-state index is 12.9. The number of hydrogen-bond donors (Lipinski definition) is 3. The highest BCUT2D eigenvalue weighted by molar-refractivity contribution is 6.33. The predicted octanol–water partition coefficient (Wildman–Crippen LogP) is 3.18. The molecule has 32 heavy (non-hydrogen) atoms. The summed E-state index contributed by atoms with van der Waals surface area (Å²) in [6.45, 7) is 6.73. The molecule has 0 aromatic carbocycles. The molecular formula is C23H30ClN5O3. The molecule has 3 N–H and O–H groups in total. The summed E-state index contributed by atoms with van der Waals surface area (Å²) in [6, 6.07) is 1.69.